The van der Waals surface area contributed by atoms with Gasteiger partial charge in [-0.3, -0.25) is 0 Å². The number of rotatable bonds is 4. The Kier molecular flexibility index (Phi) is 4.59. The fourth-order valence-electron chi connectivity index (χ4n) is 1.75. The zero-order chi connectivity index (χ0) is 11.1. The maximum atomic E-state index is 5.60. The van der Waals surface area contributed by atoms with Gasteiger partial charge < -0.3 is 9.47 Å². The molecule has 0 saturated carbocycles. The summed E-state index contributed by atoms with van der Waals surface area (Å²) in [6, 6.07) is 10.2. The Morgan fingerprint density at radius 1 is 1.25 bits per heavy atom. The van der Waals surface area contributed by atoms with E-state index >= 15 is 0 Å². The van der Waals surface area contributed by atoms with Gasteiger partial charge in [-0.15, -0.1) is 0 Å². The van der Waals surface area contributed by atoms with Crippen LogP contribution in [0.1, 0.15) is 24.8 Å². The van der Waals surface area contributed by atoms with Gasteiger partial charge in [-0.1, -0.05) is 42.5 Å². The van der Waals surface area contributed by atoms with Crippen molar-refractivity contribution in [3.8, 4) is 0 Å². The Labute approximate surface area is 96.9 Å². The van der Waals surface area contributed by atoms with E-state index in [2.05, 4.69) is 18.2 Å². The molecule has 2 heteroatoms. The highest BCUT2D eigenvalue weighted by Crippen LogP contribution is 2.13. The molecule has 0 aromatic heterocycles. The van der Waals surface area contributed by atoms with Crippen LogP contribution in [0.25, 0.3) is 6.08 Å². The first-order chi connectivity index (χ1) is 7.95. The van der Waals surface area contributed by atoms with E-state index in [1.807, 2.05) is 24.3 Å². The number of hydrogen-bond donors (Lipinski definition) is 0. The summed E-state index contributed by atoms with van der Waals surface area (Å²) in [5, 5.41) is 0. The first-order valence-corrected chi connectivity index (χ1v) is 5.90. The Bertz CT molecular complexity index is 313. The summed E-state index contributed by atoms with van der Waals surface area (Å²) < 4.78 is 11.1. The summed E-state index contributed by atoms with van der Waals surface area (Å²) in [5.41, 5.74) is 1.20. The third-order valence-electron chi connectivity index (χ3n) is 2.63. The smallest absolute Gasteiger partial charge is 0.157 e. The molecule has 0 radical (unpaired) electrons. The highest BCUT2D eigenvalue weighted by molar-refractivity contribution is 5.48. The van der Waals surface area contributed by atoms with Crippen molar-refractivity contribution in [1.82, 2.24) is 0 Å². The molecule has 0 amide bonds. The van der Waals surface area contributed by atoms with Gasteiger partial charge in [0.15, 0.2) is 6.29 Å². The summed E-state index contributed by atoms with van der Waals surface area (Å²) in [6.45, 7) is 1.46. The molecule has 86 valence electrons. The van der Waals surface area contributed by atoms with Crippen molar-refractivity contribution in [1.29, 1.82) is 0 Å². The molecule has 1 unspecified atom stereocenters. The van der Waals surface area contributed by atoms with Crippen LogP contribution in [0.5, 0.6) is 0 Å². The van der Waals surface area contributed by atoms with Crippen molar-refractivity contribution in [3.63, 3.8) is 0 Å². The molecule has 0 spiro atoms. The normalized spacial score (nSPS) is 21.4. The minimum absolute atomic E-state index is 0.00849. The third-order valence-corrected chi connectivity index (χ3v) is 2.63. The summed E-state index contributed by atoms with van der Waals surface area (Å²) in [7, 11) is 0. The van der Waals surface area contributed by atoms with Gasteiger partial charge in [-0.2, -0.15) is 0 Å². The second-order valence-electron chi connectivity index (χ2n) is 3.94. The van der Waals surface area contributed by atoms with Crippen LogP contribution >= 0.6 is 0 Å². The second-order valence-corrected chi connectivity index (χ2v) is 3.94. The van der Waals surface area contributed by atoms with Gasteiger partial charge in [0.05, 0.1) is 6.61 Å². The van der Waals surface area contributed by atoms with Crippen LogP contribution in [0.15, 0.2) is 36.4 Å². The predicted octanol–water partition coefficient (Wildman–Crippen LogP) is 3.24. The van der Waals surface area contributed by atoms with Crippen LogP contribution in [0, 0.1) is 0 Å². The van der Waals surface area contributed by atoms with Gasteiger partial charge in [0, 0.05) is 6.61 Å². The molecule has 2 rings (SSSR count). The lowest BCUT2D eigenvalue weighted by Gasteiger charge is -2.21. The lowest BCUT2D eigenvalue weighted by Crippen LogP contribution is -2.22. The Morgan fingerprint density at radius 3 is 2.88 bits per heavy atom. The molecule has 1 atom stereocenters. The molecule has 1 aliphatic rings. The van der Waals surface area contributed by atoms with Crippen LogP contribution in [-0.2, 0) is 9.47 Å². The number of benzene rings is 1. The first kappa shape index (κ1) is 11.4. The standard InChI is InChI=1S/C14H18O2/c1-2-7-13(8-3-1)9-6-12-16-14-10-4-5-11-15-14/h1-3,6-9,14H,4-5,10-12H2/b9-6-. The van der Waals surface area contributed by atoms with E-state index in [0.717, 1.165) is 13.0 Å². The van der Waals surface area contributed by atoms with Crippen LogP contribution in [0.3, 0.4) is 0 Å². The monoisotopic (exact) mass is 218 g/mol. The Hall–Kier alpha value is -1.12. The minimum atomic E-state index is 0.00849. The fourth-order valence-corrected chi connectivity index (χ4v) is 1.75. The van der Waals surface area contributed by atoms with Crippen molar-refractivity contribution >= 4 is 6.08 Å². The average Bonchev–Trinajstić information content (AvgIpc) is 2.37. The van der Waals surface area contributed by atoms with Crippen molar-refractivity contribution < 1.29 is 9.47 Å². The van der Waals surface area contributed by atoms with E-state index in [9.17, 15) is 0 Å². The maximum Gasteiger partial charge on any atom is 0.157 e. The molecule has 16 heavy (non-hydrogen) atoms. The molecular formula is C14H18O2. The quantitative estimate of drug-likeness (QED) is 0.772. The minimum Gasteiger partial charge on any atom is -0.353 e. The topological polar surface area (TPSA) is 18.5 Å². The Balaban J connectivity index is 1.69. The molecule has 1 aromatic carbocycles. The van der Waals surface area contributed by atoms with E-state index < -0.39 is 0 Å². The van der Waals surface area contributed by atoms with E-state index in [-0.39, 0.29) is 6.29 Å². The zero-order valence-corrected chi connectivity index (χ0v) is 9.47. The fraction of sp³-hybridized carbons (Fsp3) is 0.429. The van der Waals surface area contributed by atoms with E-state index in [1.54, 1.807) is 0 Å². The highest BCUT2D eigenvalue weighted by atomic mass is 16.7. The van der Waals surface area contributed by atoms with Gasteiger partial charge in [-0.25, -0.2) is 0 Å². The van der Waals surface area contributed by atoms with E-state index in [0.29, 0.717) is 6.61 Å². The molecule has 0 bridgehead atoms. The van der Waals surface area contributed by atoms with Gasteiger partial charge in [0.25, 0.3) is 0 Å². The van der Waals surface area contributed by atoms with E-state index in [1.165, 1.54) is 18.4 Å². The summed E-state index contributed by atoms with van der Waals surface area (Å²) in [4.78, 5) is 0. The van der Waals surface area contributed by atoms with Crippen LogP contribution < -0.4 is 0 Å². The molecule has 0 aliphatic carbocycles. The van der Waals surface area contributed by atoms with Crippen molar-refractivity contribution in [2.75, 3.05) is 13.2 Å². The first-order valence-electron chi connectivity index (χ1n) is 5.90. The lowest BCUT2D eigenvalue weighted by atomic mass is 10.2. The highest BCUT2D eigenvalue weighted by Gasteiger charge is 2.12. The molecule has 1 aromatic rings. The SMILES string of the molecule is C(=C/c1ccccc1)/COC1CCCCO1. The Morgan fingerprint density at radius 2 is 2.12 bits per heavy atom. The van der Waals surface area contributed by atoms with Crippen LogP contribution in [-0.4, -0.2) is 19.5 Å². The van der Waals surface area contributed by atoms with Gasteiger partial charge in [0.2, 0.25) is 0 Å². The van der Waals surface area contributed by atoms with Gasteiger partial charge >= 0.3 is 0 Å². The van der Waals surface area contributed by atoms with Gasteiger partial charge in [0.1, 0.15) is 0 Å². The molecule has 1 aliphatic heterocycles. The molecular weight excluding hydrogens is 200 g/mol. The second kappa shape index (κ2) is 6.46. The summed E-state index contributed by atoms with van der Waals surface area (Å²) in [5.74, 6) is 0. The third kappa shape index (κ3) is 3.80. The lowest BCUT2D eigenvalue weighted by molar-refractivity contribution is -0.155. The molecule has 1 fully saturated rings. The zero-order valence-electron chi connectivity index (χ0n) is 9.47. The predicted molar refractivity (Wildman–Crippen MR) is 65.0 cm³/mol. The summed E-state index contributed by atoms with van der Waals surface area (Å²) >= 11 is 0. The average molecular weight is 218 g/mol. The van der Waals surface area contributed by atoms with E-state index in [4.69, 9.17) is 9.47 Å². The van der Waals surface area contributed by atoms with Crippen molar-refractivity contribution in [2.24, 2.45) is 0 Å². The molecule has 1 heterocycles. The van der Waals surface area contributed by atoms with Crippen molar-refractivity contribution in [3.05, 3.63) is 42.0 Å². The van der Waals surface area contributed by atoms with Crippen LogP contribution in [0.2, 0.25) is 0 Å². The summed E-state index contributed by atoms with van der Waals surface area (Å²) in [6.07, 6.45) is 7.52. The molecule has 0 N–H and O–H groups in total. The number of hydrogen-bond acceptors (Lipinski definition) is 2. The maximum absolute atomic E-state index is 5.60. The number of ether oxygens (including phenoxy) is 2. The molecule has 2 nitrogen and oxygen atoms in total. The molecule has 1 saturated heterocycles. The largest absolute Gasteiger partial charge is 0.353 e. The van der Waals surface area contributed by atoms with Crippen LogP contribution in [0.4, 0.5) is 0 Å². The van der Waals surface area contributed by atoms with Crippen molar-refractivity contribution in [2.45, 2.75) is 25.6 Å². The van der Waals surface area contributed by atoms with Gasteiger partial charge in [-0.05, 0) is 24.8 Å².